The summed E-state index contributed by atoms with van der Waals surface area (Å²) in [5.41, 5.74) is 1.16. The van der Waals surface area contributed by atoms with Crippen molar-refractivity contribution in [2.45, 2.75) is 38.6 Å². The lowest BCUT2D eigenvalue weighted by molar-refractivity contribution is -0.131. The molecule has 1 fully saturated rings. The zero-order chi connectivity index (χ0) is 13.3. The van der Waals surface area contributed by atoms with E-state index in [-0.39, 0.29) is 0 Å². The molecule has 1 amide bonds. The lowest BCUT2D eigenvalue weighted by atomic mass is 10.2. The summed E-state index contributed by atoms with van der Waals surface area (Å²) in [7, 11) is 0. The molecule has 0 aliphatic carbocycles. The van der Waals surface area contributed by atoms with Gasteiger partial charge in [0.15, 0.2) is 0 Å². The Labute approximate surface area is 115 Å². The molecule has 1 aliphatic heterocycles. The highest BCUT2D eigenvalue weighted by atomic mass is 16.2. The average molecular weight is 261 g/mol. The van der Waals surface area contributed by atoms with Crippen molar-refractivity contribution in [2.75, 3.05) is 19.6 Å². The Balaban J connectivity index is 1.63. The molecule has 0 radical (unpaired) electrons. The molecule has 4 heteroatoms. The Bertz CT molecular complexity index is 372. The van der Waals surface area contributed by atoms with Gasteiger partial charge >= 0.3 is 0 Å². The van der Waals surface area contributed by atoms with Gasteiger partial charge in [-0.3, -0.25) is 9.78 Å². The van der Waals surface area contributed by atoms with Gasteiger partial charge in [0.1, 0.15) is 0 Å². The number of nitrogens with one attached hydrogen (secondary N) is 1. The fourth-order valence-electron chi connectivity index (χ4n) is 2.41. The highest BCUT2D eigenvalue weighted by Crippen LogP contribution is 2.10. The number of pyridine rings is 1. The second-order valence-electron chi connectivity index (χ2n) is 5.08. The summed E-state index contributed by atoms with van der Waals surface area (Å²) < 4.78 is 0. The normalized spacial score (nSPS) is 16.1. The number of likely N-dealkylation sites (tertiary alicyclic amines) is 1. The maximum absolute atomic E-state index is 12.0. The number of rotatable bonds is 5. The van der Waals surface area contributed by atoms with E-state index < -0.39 is 0 Å². The maximum atomic E-state index is 12.0. The van der Waals surface area contributed by atoms with Crippen LogP contribution in [0.2, 0.25) is 0 Å². The lowest BCUT2D eigenvalue weighted by Crippen LogP contribution is -2.33. The third-order valence-corrected chi connectivity index (χ3v) is 3.53. The number of amides is 1. The molecule has 104 valence electrons. The molecule has 2 heterocycles. The number of carbonyl (C=O) groups is 1. The van der Waals surface area contributed by atoms with Gasteiger partial charge in [-0.05, 0) is 24.5 Å². The molecule has 1 aliphatic rings. The first-order valence-corrected chi connectivity index (χ1v) is 7.23. The second-order valence-corrected chi connectivity index (χ2v) is 5.08. The summed E-state index contributed by atoms with van der Waals surface area (Å²) in [5.74, 6) is 0.292. The fraction of sp³-hybridized carbons (Fsp3) is 0.600. The van der Waals surface area contributed by atoms with Crippen LogP contribution in [0.25, 0.3) is 0 Å². The zero-order valence-electron chi connectivity index (χ0n) is 11.5. The quantitative estimate of drug-likeness (QED) is 0.824. The standard InChI is InChI=1S/C15H23N3O/c19-15(18-10-3-1-2-4-11-18)7-9-17-13-14-6-5-8-16-12-14/h5-6,8,12,17H,1-4,7,9-11,13H2. The van der Waals surface area contributed by atoms with Crippen molar-refractivity contribution in [1.82, 2.24) is 15.2 Å². The zero-order valence-corrected chi connectivity index (χ0v) is 11.5. The Morgan fingerprint density at radius 1 is 1.26 bits per heavy atom. The summed E-state index contributed by atoms with van der Waals surface area (Å²) in [6.07, 6.45) is 9.08. The van der Waals surface area contributed by atoms with E-state index in [1.165, 1.54) is 12.8 Å². The molecule has 0 atom stereocenters. The van der Waals surface area contributed by atoms with Crippen molar-refractivity contribution in [2.24, 2.45) is 0 Å². The van der Waals surface area contributed by atoms with Crippen molar-refractivity contribution >= 4 is 5.91 Å². The molecule has 2 rings (SSSR count). The van der Waals surface area contributed by atoms with E-state index >= 15 is 0 Å². The van der Waals surface area contributed by atoms with Crippen LogP contribution in [0.5, 0.6) is 0 Å². The molecule has 1 saturated heterocycles. The molecule has 19 heavy (non-hydrogen) atoms. The Morgan fingerprint density at radius 2 is 2.05 bits per heavy atom. The van der Waals surface area contributed by atoms with Crippen LogP contribution in [-0.4, -0.2) is 35.4 Å². The number of aromatic nitrogens is 1. The fourth-order valence-corrected chi connectivity index (χ4v) is 2.41. The molecule has 4 nitrogen and oxygen atoms in total. The molecule has 0 saturated carbocycles. The van der Waals surface area contributed by atoms with E-state index in [0.717, 1.165) is 44.6 Å². The molecule has 1 aromatic heterocycles. The summed E-state index contributed by atoms with van der Waals surface area (Å²) in [5, 5.41) is 3.30. The van der Waals surface area contributed by atoms with Gasteiger partial charge in [-0.1, -0.05) is 18.9 Å². The number of nitrogens with zero attached hydrogens (tertiary/aromatic N) is 2. The smallest absolute Gasteiger partial charge is 0.223 e. The SMILES string of the molecule is O=C(CCNCc1cccnc1)N1CCCCCC1. The summed E-state index contributed by atoms with van der Waals surface area (Å²) in [6, 6.07) is 3.97. The van der Waals surface area contributed by atoms with Crippen LogP contribution in [0.1, 0.15) is 37.7 Å². The lowest BCUT2D eigenvalue weighted by Gasteiger charge is -2.20. The minimum absolute atomic E-state index is 0.292. The first kappa shape index (κ1) is 14.0. The molecule has 0 bridgehead atoms. The minimum atomic E-state index is 0.292. The largest absolute Gasteiger partial charge is 0.343 e. The van der Waals surface area contributed by atoms with Crippen LogP contribution in [0, 0.1) is 0 Å². The van der Waals surface area contributed by atoms with E-state index in [1.54, 1.807) is 6.20 Å². The van der Waals surface area contributed by atoms with Gasteiger partial charge in [-0.25, -0.2) is 0 Å². The van der Waals surface area contributed by atoms with E-state index in [0.29, 0.717) is 12.3 Å². The minimum Gasteiger partial charge on any atom is -0.343 e. The van der Waals surface area contributed by atoms with Gasteiger partial charge in [-0.2, -0.15) is 0 Å². The van der Waals surface area contributed by atoms with Gasteiger partial charge < -0.3 is 10.2 Å². The third-order valence-electron chi connectivity index (χ3n) is 3.53. The third kappa shape index (κ3) is 4.99. The molecule has 0 spiro atoms. The van der Waals surface area contributed by atoms with Crippen molar-refractivity contribution in [1.29, 1.82) is 0 Å². The molecule has 0 unspecified atom stereocenters. The summed E-state index contributed by atoms with van der Waals surface area (Å²) in [6.45, 7) is 3.41. The Morgan fingerprint density at radius 3 is 2.74 bits per heavy atom. The van der Waals surface area contributed by atoms with Crippen LogP contribution in [0.4, 0.5) is 0 Å². The number of hydrogen-bond donors (Lipinski definition) is 1. The first-order valence-electron chi connectivity index (χ1n) is 7.23. The van der Waals surface area contributed by atoms with Crippen LogP contribution >= 0.6 is 0 Å². The van der Waals surface area contributed by atoms with Gasteiger partial charge in [0.2, 0.25) is 5.91 Å². The van der Waals surface area contributed by atoms with E-state index in [2.05, 4.69) is 10.3 Å². The molecule has 1 aromatic rings. The van der Waals surface area contributed by atoms with Crippen molar-refractivity contribution in [3.8, 4) is 0 Å². The van der Waals surface area contributed by atoms with Gasteiger partial charge in [0.05, 0.1) is 0 Å². The van der Waals surface area contributed by atoms with Crippen molar-refractivity contribution in [3.63, 3.8) is 0 Å². The topological polar surface area (TPSA) is 45.2 Å². The molecule has 1 N–H and O–H groups in total. The molecular formula is C15H23N3O. The predicted molar refractivity (Wildman–Crippen MR) is 75.6 cm³/mol. The highest BCUT2D eigenvalue weighted by Gasteiger charge is 2.14. The van der Waals surface area contributed by atoms with E-state index in [1.807, 2.05) is 23.2 Å². The second kappa shape index (κ2) is 7.89. The Kier molecular flexibility index (Phi) is 5.82. The number of carbonyl (C=O) groups excluding carboxylic acids is 1. The monoisotopic (exact) mass is 261 g/mol. The summed E-state index contributed by atoms with van der Waals surface area (Å²) in [4.78, 5) is 18.1. The van der Waals surface area contributed by atoms with E-state index in [4.69, 9.17) is 0 Å². The van der Waals surface area contributed by atoms with Crippen molar-refractivity contribution < 1.29 is 4.79 Å². The first-order chi connectivity index (χ1) is 9.36. The summed E-state index contributed by atoms with van der Waals surface area (Å²) >= 11 is 0. The maximum Gasteiger partial charge on any atom is 0.223 e. The van der Waals surface area contributed by atoms with E-state index in [9.17, 15) is 4.79 Å². The van der Waals surface area contributed by atoms with Crippen LogP contribution in [-0.2, 0) is 11.3 Å². The molecular weight excluding hydrogens is 238 g/mol. The van der Waals surface area contributed by atoms with Crippen LogP contribution < -0.4 is 5.32 Å². The Hall–Kier alpha value is -1.42. The molecule has 0 aromatic carbocycles. The van der Waals surface area contributed by atoms with Gasteiger partial charge in [0.25, 0.3) is 0 Å². The average Bonchev–Trinajstić information content (AvgIpc) is 2.73. The van der Waals surface area contributed by atoms with Crippen molar-refractivity contribution in [3.05, 3.63) is 30.1 Å². The van der Waals surface area contributed by atoms with Crippen LogP contribution in [0.15, 0.2) is 24.5 Å². The predicted octanol–water partition coefficient (Wildman–Crippen LogP) is 1.96. The number of hydrogen-bond acceptors (Lipinski definition) is 3. The highest BCUT2D eigenvalue weighted by molar-refractivity contribution is 5.76. The van der Waals surface area contributed by atoms with Gasteiger partial charge in [0, 0.05) is 45.0 Å². The van der Waals surface area contributed by atoms with Crippen LogP contribution in [0.3, 0.4) is 0 Å². The van der Waals surface area contributed by atoms with Gasteiger partial charge in [-0.15, -0.1) is 0 Å².